The molecule has 1 aliphatic carbocycles. The summed E-state index contributed by atoms with van der Waals surface area (Å²) < 4.78 is 7.23. The first-order valence-electron chi connectivity index (χ1n) is 9.11. The molecule has 0 unspecified atom stereocenters. The Morgan fingerprint density at radius 1 is 1.37 bits per heavy atom. The minimum absolute atomic E-state index is 0. The lowest BCUT2D eigenvalue weighted by Crippen LogP contribution is -2.47. The first kappa shape index (κ1) is 19.7. The smallest absolute Gasteiger partial charge is 0.233 e. The van der Waals surface area contributed by atoms with Crippen molar-refractivity contribution >= 4 is 24.0 Å². The van der Waals surface area contributed by atoms with E-state index in [1.54, 1.807) is 7.11 Å². The summed E-state index contributed by atoms with van der Waals surface area (Å²) in [5, 5.41) is 18.5. The molecule has 2 aromatic rings. The lowest BCUT2D eigenvalue weighted by molar-refractivity contribution is -0.130. The summed E-state index contributed by atoms with van der Waals surface area (Å²) in [4.78, 5) is 13.0. The van der Waals surface area contributed by atoms with Crippen LogP contribution in [0.3, 0.4) is 0 Å². The number of nitrogens with one attached hydrogen (secondary N) is 2. The van der Waals surface area contributed by atoms with Crippen LogP contribution >= 0.6 is 12.4 Å². The fraction of sp³-hybridized carbons (Fsp3) is 0.556. The van der Waals surface area contributed by atoms with E-state index in [9.17, 15) is 4.79 Å². The second-order valence-electron chi connectivity index (χ2n) is 7.18. The van der Waals surface area contributed by atoms with E-state index in [4.69, 9.17) is 4.74 Å². The summed E-state index contributed by atoms with van der Waals surface area (Å²) in [5.41, 5.74) is 1.18. The number of carbonyl (C=O) groups excluding carboxylic acids is 1. The number of hydrogen-bond donors (Lipinski definition) is 2. The van der Waals surface area contributed by atoms with E-state index in [0.29, 0.717) is 12.6 Å². The van der Waals surface area contributed by atoms with Crippen molar-refractivity contribution in [2.75, 3.05) is 32.1 Å². The molecule has 2 aliphatic rings. The van der Waals surface area contributed by atoms with Crippen molar-refractivity contribution in [2.45, 2.75) is 31.7 Å². The Hall–Kier alpha value is -2.03. The monoisotopic (exact) mass is 392 g/mol. The Labute approximate surface area is 164 Å². The van der Waals surface area contributed by atoms with Crippen molar-refractivity contribution in [3.63, 3.8) is 0 Å². The van der Waals surface area contributed by atoms with Gasteiger partial charge in [-0.25, -0.2) is 4.68 Å². The highest BCUT2D eigenvalue weighted by Gasteiger charge is 2.39. The summed E-state index contributed by atoms with van der Waals surface area (Å²) in [7, 11) is 1.65. The number of aromatic nitrogens is 4. The van der Waals surface area contributed by atoms with Crippen molar-refractivity contribution in [3.8, 4) is 11.4 Å². The molecule has 0 atom stereocenters. The molecule has 4 rings (SSSR count). The molecule has 2 N–H and O–H groups in total. The van der Waals surface area contributed by atoms with E-state index in [2.05, 4.69) is 26.2 Å². The van der Waals surface area contributed by atoms with Gasteiger partial charge in [-0.2, -0.15) is 0 Å². The number of amides is 1. The number of piperidine rings is 1. The van der Waals surface area contributed by atoms with E-state index in [1.807, 2.05) is 28.9 Å². The SMILES string of the molecule is COCC1(C(=O)Nc2cccc(-c3nnnn3C3CC3)c2)CCNCC1.Cl. The van der Waals surface area contributed by atoms with Crippen molar-refractivity contribution < 1.29 is 9.53 Å². The van der Waals surface area contributed by atoms with E-state index < -0.39 is 5.41 Å². The molecule has 0 spiro atoms. The minimum Gasteiger partial charge on any atom is -0.384 e. The van der Waals surface area contributed by atoms with Gasteiger partial charge in [0.05, 0.1) is 18.1 Å². The second kappa shape index (κ2) is 8.33. The standard InChI is InChI=1S/C18H24N6O2.ClH/c1-26-12-18(7-9-19-10-8-18)17(25)20-14-4-2-3-13(11-14)16-21-22-23-24(16)15-5-6-15;/h2-4,11,15,19H,5-10,12H2,1H3,(H,20,25);1H. The van der Waals surface area contributed by atoms with Crippen LogP contribution in [0, 0.1) is 5.41 Å². The van der Waals surface area contributed by atoms with Crippen LogP contribution in [0.15, 0.2) is 24.3 Å². The number of ether oxygens (including phenoxy) is 1. The lowest BCUT2D eigenvalue weighted by atomic mass is 9.78. The predicted molar refractivity (Wildman–Crippen MR) is 104 cm³/mol. The van der Waals surface area contributed by atoms with Crippen LogP contribution in [0.1, 0.15) is 31.7 Å². The zero-order chi connectivity index (χ0) is 18.0. The molecule has 1 saturated carbocycles. The normalized spacial score (nSPS) is 18.6. The summed E-state index contributed by atoms with van der Waals surface area (Å²) in [6, 6.07) is 8.12. The van der Waals surface area contributed by atoms with Crippen LogP contribution in [0.25, 0.3) is 11.4 Å². The number of methoxy groups -OCH3 is 1. The van der Waals surface area contributed by atoms with Crippen molar-refractivity contribution in [3.05, 3.63) is 24.3 Å². The first-order valence-corrected chi connectivity index (χ1v) is 9.11. The number of rotatable bonds is 6. The number of benzene rings is 1. The molecule has 2 heterocycles. The maximum Gasteiger partial charge on any atom is 0.233 e. The number of halogens is 1. The number of nitrogens with zero attached hydrogens (tertiary/aromatic N) is 4. The highest BCUT2D eigenvalue weighted by Crippen LogP contribution is 2.37. The third-order valence-electron chi connectivity index (χ3n) is 5.23. The Bertz CT molecular complexity index is 780. The molecule has 2 fully saturated rings. The topological polar surface area (TPSA) is 94.0 Å². The van der Waals surface area contributed by atoms with Crippen LogP contribution in [-0.2, 0) is 9.53 Å². The number of hydrogen-bond acceptors (Lipinski definition) is 6. The molecular weight excluding hydrogens is 368 g/mol. The van der Waals surface area contributed by atoms with Crippen LogP contribution in [-0.4, -0.2) is 52.9 Å². The molecule has 0 radical (unpaired) electrons. The molecule has 146 valence electrons. The molecular formula is C18H25ClN6O2. The Morgan fingerprint density at radius 3 is 2.85 bits per heavy atom. The van der Waals surface area contributed by atoms with Crippen molar-refractivity contribution in [1.29, 1.82) is 0 Å². The summed E-state index contributed by atoms with van der Waals surface area (Å²) >= 11 is 0. The Kier molecular flexibility index (Phi) is 6.08. The van der Waals surface area contributed by atoms with E-state index in [0.717, 1.165) is 55.8 Å². The largest absolute Gasteiger partial charge is 0.384 e. The van der Waals surface area contributed by atoms with Gasteiger partial charge < -0.3 is 15.4 Å². The first-order chi connectivity index (χ1) is 12.7. The average Bonchev–Trinajstić information content (AvgIpc) is 3.39. The summed E-state index contributed by atoms with van der Waals surface area (Å²) in [6.07, 6.45) is 3.77. The molecule has 9 heteroatoms. The highest BCUT2D eigenvalue weighted by molar-refractivity contribution is 5.96. The highest BCUT2D eigenvalue weighted by atomic mass is 35.5. The molecule has 1 amide bonds. The average molecular weight is 393 g/mol. The van der Waals surface area contributed by atoms with Crippen LogP contribution in [0.5, 0.6) is 0 Å². The fourth-order valence-electron chi connectivity index (χ4n) is 3.57. The van der Waals surface area contributed by atoms with Gasteiger partial charge in [-0.05, 0) is 61.3 Å². The van der Waals surface area contributed by atoms with Gasteiger partial charge >= 0.3 is 0 Å². The van der Waals surface area contributed by atoms with Gasteiger partial charge in [0, 0.05) is 18.4 Å². The fourth-order valence-corrected chi connectivity index (χ4v) is 3.57. The zero-order valence-electron chi connectivity index (χ0n) is 15.4. The van der Waals surface area contributed by atoms with Crippen LogP contribution < -0.4 is 10.6 Å². The lowest BCUT2D eigenvalue weighted by Gasteiger charge is -2.35. The number of anilines is 1. The van der Waals surface area contributed by atoms with Gasteiger partial charge in [-0.1, -0.05) is 12.1 Å². The zero-order valence-corrected chi connectivity index (χ0v) is 16.2. The molecule has 1 saturated heterocycles. The molecule has 1 aromatic heterocycles. The van der Waals surface area contributed by atoms with Gasteiger partial charge in [0.1, 0.15) is 0 Å². The Balaban J connectivity index is 0.00000210. The minimum atomic E-state index is -0.481. The van der Waals surface area contributed by atoms with Gasteiger partial charge in [0.2, 0.25) is 5.91 Å². The maximum atomic E-state index is 13.0. The van der Waals surface area contributed by atoms with Crippen molar-refractivity contribution in [1.82, 2.24) is 25.5 Å². The van der Waals surface area contributed by atoms with Gasteiger partial charge in [0.15, 0.2) is 5.82 Å². The quantitative estimate of drug-likeness (QED) is 0.781. The van der Waals surface area contributed by atoms with Gasteiger partial charge in [-0.3, -0.25) is 4.79 Å². The van der Waals surface area contributed by atoms with Gasteiger partial charge in [0.25, 0.3) is 0 Å². The van der Waals surface area contributed by atoms with Gasteiger partial charge in [-0.15, -0.1) is 17.5 Å². The molecule has 8 nitrogen and oxygen atoms in total. The van der Waals surface area contributed by atoms with E-state index >= 15 is 0 Å². The molecule has 0 bridgehead atoms. The van der Waals surface area contributed by atoms with E-state index in [1.165, 1.54) is 0 Å². The molecule has 1 aromatic carbocycles. The second-order valence-corrected chi connectivity index (χ2v) is 7.18. The third kappa shape index (κ3) is 4.12. The third-order valence-corrected chi connectivity index (χ3v) is 5.23. The Morgan fingerprint density at radius 2 is 2.15 bits per heavy atom. The molecule has 1 aliphatic heterocycles. The maximum absolute atomic E-state index is 13.0. The van der Waals surface area contributed by atoms with E-state index in [-0.39, 0.29) is 18.3 Å². The summed E-state index contributed by atoms with van der Waals surface area (Å²) in [6.45, 7) is 2.08. The predicted octanol–water partition coefficient (Wildman–Crippen LogP) is 2.05. The number of tetrazole rings is 1. The molecule has 27 heavy (non-hydrogen) atoms. The van der Waals surface area contributed by atoms with Crippen LogP contribution in [0.2, 0.25) is 0 Å². The van der Waals surface area contributed by atoms with Crippen LogP contribution in [0.4, 0.5) is 5.69 Å². The number of carbonyl (C=O) groups is 1. The summed E-state index contributed by atoms with van der Waals surface area (Å²) in [5.74, 6) is 0.761. The van der Waals surface area contributed by atoms with Crippen molar-refractivity contribution in [2.24, 2.45) is 5.41 Å².